The van der Waals surface area contributed by atoms with Gasteiger partial charge < -0.3 is 10.2 Å². The molecule has 2 heterocycles. The van der Waals surface area contributed by atoms with Gasteiger partial charge in [-0.15, -0.1) is 0 Å². The summed E-state index contributed by atoms with van der Waals surface area (Å²) < 4.78 is 13.4. The monoisotopic (exact) mass is 279 g/mol. The topological polar surface area (TPSA) is 62.3 Å². The van der Waals surface area contributed by atoms with Crippen molar-refractivity contribution in [2.24, 2.45) is 0 Å². The Balaban J connectivity index is 1.90. The minimum Gasteiger partial charge on any atom is -0.350 e. The van der Waals surface area contributed by atoms with Crippen LogP contribution in [0.2, 0.25) is 0 Å². The number of hydrogen-bond donors (Lipinski definition) is 1. The third-order valence-electron chi connectivity index (χ3n) is 3.47. The lowest BCUT2D eigenvalue weighted by Gasteiger charge is -2.32. The number of piperidine rings is 1. The summed E-state index contributed by atoms with van der Waals surface area (Å²) in [4.78, 5) is 29.0. The minimum absolute atomic E-state index is 0.0304. The van der Waals surface area contributed by atoms with E-state index in [4.69, 9.17) is 0 Å². The van der Waals surface area contributed by atoms with Gasteiger partial charge in [0.05, 0.1) is 11.8 Å². The van der Waals surface area contributed by atoms with Gasteiger partial charge >= 0.3 is 0 Å². The lowest BCUT2D eigenvalue weighted by atomic mass is 10.1. The predicted octanol–water partition coefficient (Wildman–Crippen LogP) is 1.35. The van der Waals surface area contributed by atoms with Crippen LogP contribution in [0.3, 0.4) is 0 Å². The van der Waals surface area contributed by atoms with Crippen LogP contribution in [0.4, 0.5) is 4.39 Å². The first-order valence-electron chi connectivity index (χ1n) is 6.77. The van der Waals surface area contributed by atoms with Crippen molar-refractivity contribution in [1.82, 2.24) is 15.2 Å². The van der Waals surface area contributed by atoms with Crippen molar-refractivity contribution >= 4 is 11.8 Å². The Bertz CT molecular complexity index is 507. The first kappa shape index (κ1) is 14.4. The van der Waals surface area contributed by atoms with E-state index < -0.39 is 11.7 Å². The van der Waals surface area contributed by atoms with Crippen LogP contribution >= 0.6 is 0 Å². The molecule has 2 rings (SSSR count). The van der Waals surface area contributed by atoms with Gasteiger partial charge in [0.15, 0.2) is 5.82 Å². The summed E-state index contributed by atoms with van der Waals surface area (Å²) in [6, 6.07) is 1.25. The van der Waals surface area contributed by atoms with E-state index in [2.05, 4.69) is 10.3 Å². The van der Waals surface area contributed by atoms with E-state index in [0.717, 1.165) is 25.6 Å². The summed E-state index contributed by atoms with van der Waals surface area (Å²) in [5.41, 5.74) is -0.0304. The highest BCUT2D eigenvalue weighted by Crippen LogP contribution is 2.13. The second-order valence-corrected chi connectivity index (χ2v) is 4.96. The van der Waals surface area contributed by atoms with E-state index in [0.29, 0.717) is 13.0 Å². The Hall–Kier alpha value is -1.98. The molecule has 1 N–H and O–H groups in total. The van der Waals surface area contributed by atoms with Crippen LogP contribution < -0.4 is 5.32 Å². The third kappa shape index (κ3) is 3.31. The molecule has 0 aromatic carbocycles. The summed E-state index contributed by atoms with van der Waals surface area (Å²) in [5, 5.41) is 2.66. The van der Waals surface area contributed by atoms with Crippen molar-refractivity contribution in [3.63, 3.8) is 0 Å². The number of halogens is 1. The zero-order valence-electron chi connectivity index (χ0n) is 11.4. The quantitative estimate of drug-likeness (QED) is 0.905. The van der Waals surface area contributed by atoms with Crippen LogP contribution in [0.25, 0.3) is 0 Å². The molecule has 1 fully saturated rings. The molecular weight excluding hydrogens is 261 g/mol. The number of rotatable bonds is 4. The number of carbonyl (C=O) groups is 2. The van der Waals surface area contributed by atoms with Crippen LogP contribution in [-0.4, -0.2) is 40.8 Å². The molecule has 20 heavy (non-hydrogen) atoms. The molecule has 1 atom stereocenters. The Labute approximate surface area is 117 Å². The Kier molecular flexibility index (Phi) is 4.65. The van der Waals surface area contributed by atoms with Crippen LogP contribution in [-0.2, 0) is 4.79 Å². The summed E-state index contributed by atoms with van der Waals surface area (Å²) in [6.07, 6.45) is 4.86. The van der Waals surface area contributed by atoms with Crippen LogP contribution in [0.15, 0.2) is 18.5 Å². The highest BCUT2D eigenvalue weighted by atomic mass is 19.1. The van der Waals surface area contributed by atoms with E-state index in [1.807, 2.05) is 6.92 Å². The van der Waals surface area contributed by atoms with Crippen molar-refractivity contribution in [1.29, 1.82) is 0 Å². The maximum absolute atomic E-state index is 13.4. The minimum atomic E-state index is -0.647. The molecule has 1 saturated heterocycles. The number of aromatic nitrogens is 1. The Morgan fingerprint density at radius 1 is 1.55 bits per heavy atom. The van der Waals surface area contributed by atoms with E-state index in [9.17, 15) is 14.0 Å². The molecule has 0 saturated carbocycles. The third-order valence-corrected chi connectivity index (χ3v) is 3.47. The molecule has 1 aliphatic heterocycles. The number of amides is 2. The normalized spacial score (nSPS) is 16.9. The van der Waals surface area contributed by atoms with Gasteiger partial charge in [0.1, 0.15) is 0 Å². The molecule has 5 nitrogen and oxygen atoms in total. The predicted molar refractivity (Wildman–Crippen MR) is 71.6 cm³/mol. The summed E-state index contributed by atoms with van der Waals surface area (Å²) in [7, 11) is 0. The number of nitrogens with zero attached hydrogens (tertiary/aromatic N) is 2. The number of carbonyl (C=O) groups excluding carboxylic acids is 2. The largest absolute Gasteiger partial charge is 0.350 e. The van der Waals surface area contributed by atoms with Crippen molar-refractivity contribution < 1.29 is 14.0 Å². The molecule has 6 heteroatoms. The van der Waals surface area contributed by atoms with Gasteiger partial charge in [-0.25, -0.2) is 4.39 Å². The van der Waals surface area contributed by atoms with Gasteiger partial charge in [0.25, 0.3) is 5.91 Å². The van der Waals surface area contributed by atoms with Gasteiger partial charge in [0, 0.05) is 31.7 Å². The maximum Gasteiger partial charge on any atom is 0.254 e. The number of likely N-dealkylation sites (tertiary alicyclic amines) is 1. The van der Waals surface area contributed by atoms with E-state index in [-0.39, 0.29) is 17.5 Å². The molecule has 108 valence electrons. The molecular formula is C14H18FN3O2. The molecule has 1 aliphatic rings. The van der Waals surface area contributed by atoms with Crippen molar-refractivity contribution in [2.45, 2.75) is 32.2 Å². The molecule has 0 radical (unpaired) electrons. The van der Waals surface area contributed by atoms with Crippen LogP contribution in [0.5, 0.6) is 0 Å². The fraction of sp³-hybridized carbons (Fsp3) is 0.500. The number of hydrogen-bond acceptors (Lipinski definition) is 3. The van der Waals surface area contributed by atoms with Gasteiger partial charge in [0.2, 0.25) is 5.91 Å². The maximum atomic E-state index is 13.4. The SMILES string of the molecule is CC(CNC(=O)c1ccncc1F)N1CCCCC1=O. The smallest absolute Gasteiger partial charge is 0.254 e. The summed E-state index contributed by atoms with van der Waals surface area (Å²) in [5.74, 6) is -1.01. The molecule has 2 amide bonds. The molecule has 0 spiro atoms. The second-order valence-electron chi connectivity index (χ2n) is 4.96. The van der Waals surface area contributed by atoms with Gasteiger partial charge in [-0.2, -0.15) is 0 Å². The molecule has 1 aromatic heterocycles. The zero-order chi connectivity index (χ0) is 14.5. The Morgan fingerprint density at radius 2 is 2.35 bits per heavy atom. The number of pyridine rings is 1. The Morgan fingerprint density at radius 3 is 3.05 bits per heavy atom. The van der Waals surface area contributed by atoms with Gasteiger partial charge in [-0.3, -0.25) is 14.6 Å². The average Bonchev–Trinajstić information content (AvgIpc) is 2.45. The molecule has 1 aromatic rings. The van der Waals surface area contributed by atoms with E-state index in [1.165, 1.54) is 12.3 Å². The molecule has 0 aliphatic carbocycles. The van der Waals surface area contributed by atoms with Crippen molar-refractivity contribution in [3.8, 4) is 0 Å². The lowest BCUT2D eigenvalue weighted by molar-refractivity contribution is -0.135. The zero-order valence-corrected chi connectivity index (χ0v) is 11.4. The van der Waals surface area contributed by atoms with Gasteiger partial charge in [-0.1, -0.05) is 0 Å². The standard InChI is InChI=1S/C14H18FN3O2/c1-10(18-7-3-2-4-13(18)19)8-17-14(20)11-5-6-16-9-12(11)15/h5-6,9-10H,2-4,7-8H2,1H3,(H,17,20). The summed E-state index contributed by atoms with van der Waals surface area (Å²) in [6.45, 7) is 2.91. The summed E-state index contributed by atoms with van der Waals surface area (Å²) >= 11 is 0. The van der Waals surface area contributed by atoms with Crippen molar-refractivity contribution in [3.05, 3.63) is 29.8 Å². The lowest BCUT2D eigenvalue weighted by Crippen LogP contribution is -2.47. The fourth-order valence-corrected chi connectivity index (χ4v) is 2.30. The second kappa shape index (κ2) is 6.45. The van der Waals surface area contributed by atoms with Crippen molar-refractivity contribution in [2.75, 3.05) is 13.1 Å². The van der Waals surface area contributed by atoms with Gasteiger partial charge in [-0.05, 0) is 25.8 Å². The highest BCUT2D eigenvalue weighted by molar-refractivity contribution is 5.94. The average molecular weight is 279 g/mol. The van der Waals surface area contributed by atoms with Crippen LogP contribution in [0.1, 0.15) is 36.5 Å². The molecule has 1 unspecified atom stereocenters. The highest BCUT2D eigenvalue weighted by Gasteiger charge is 2.23. The van der Waals surface area contributed by atoms with E-state index in [1.54, 1.807) is 4.90 Å². The first-order valence-corrected chi connectivity index (χ1v) is 6.77. The molecule has 0 bridgehead atoms. The first-order chi connectivity index (χ1) is 9.59. The fourth-order valence-electron chi connectivity index (χ4n) is 2.30. The van der Waals surface area contributed by atoms with E-state index >= 15 is 0 Å². The number of nitrogens with one attached hydrogen (secondary N) is 1. The van der Waals surface area contributed by atoms with Crippen LogP contribution in [0, 0.1) is 5.82 Å².